The Balaban J connectivity index is 1.59. The van der Waals surface area contributed by atoms with Gasteiger partial charge < -0.3 is 21.3 Å². The Labute approximate surface area is 165 Å². The highest BCUT2D eigenvalue weighted by molar-refractivity contribution is 5.99. The molecule has 8 heteroatoms. The van der Waals surface area contributed by atoms with Crippen LogP contribution in [0.2, 0.25) is 0 Å². The molecule has 3 heterocycles. The molecular weight excluding hydrogens is 356 g/mol. The molecule has 0 spiro atoms. The van der Waals surface area contributed by atoms with Gasteiger partial charge in [-0.15, -0.1) is 0 Å². The molecule has 0 aliphatic carbocycles. The highest BCUT2D eigenvalue weighted by Gasteiger charge is 2.38. The number of rotatable bonds is 4. The Morgan fingerprint density at radius 1 is 1.36 bits per heavy atom. The van der Waals surface area contributed by atoms with Gasteiger partial charge in [0.1, 0.15) is 6.04 Å². The second-order valence-corrected chi connectivity index (χ2v) is 8.20. The van der Waals surface area contributed by atoms with Crippen LogP contribution in [0.3, 0.4) is 0 Å². The van der Waals surface area contributed by atoms with E-state index in [9.17, 15) is 14.9 Å². The lowest BCUT2D eigenvalue weighted by Gasteiger charge is -2.38. The highest BCUT2D eigenvalue weighted by Crippen LogP contribution is 2.26. The number of carbonyl (C=O) groups excluding carboxylic acids is 2. The molecule has 2 fully saturated rings. The minimum Gasteiger partial charge on any atom is -0.352 e. The molecule has 8 nitrogen and oxygen atoms in total. The van der Waals surface area contributed by atoms with Gasteiger partial charge in [-0.3, -0.25) is 9.59 Å². The maximum Gasteiger partial charge on any atom is 0.247 e. The Bertz CT molecular complexity index is 736. The molecule has 3 aliphatic rings. The number of nitrogens with zero attached hydrogens (tertiary/aromatic N) is 2. The van der Waals surface area contributed by atoms with Crippen molar-refractivity contribution in [3.05, 3.63) is 11.6 Å². The van der Waals surface area contributed by atoms with Crippen LogP contribution >= 0.6 is 0 Å². The average Bonchev–Trinajstić information content (AvgIpc) is 2.67. The molecule has 4 N–H and O–H groups in total. The smallest absolute Gasteiger partial charge is 0.247 e. The fourth-order valence-corrected chi connectivity index (χ4v) is 4.67. The van der Waals surface area contributed by atoms with E-state index in [2.05, 4.69) is 40.3 Å². The Hall–Kier alpha value is -2.42. The van der Waals surface area contributed by atoms with Crippen LogP contribution in [0.5, 0.6) is 0 Å². The molecule has 3 aliphatic heterocycles. The summed E-state index contributed by atoms with van der Waals surface area (Å²) in [5.74, 6) is -0.254. The van der Waals surface area contributed by atoms with Crippen LogP contribution in [-0.4, -0.2) is 49.1 Å². The average molecular weight is 384 g/mol. The van der Waals surface area contributed by atoms with Gasteiger partial charge in [0.05, 0.1) is 24.5 Å². The van der Waals surface area contributed by atoms with Gasteiger partial charge in [0.15, 0.2) is 0 Å². The van der Waals surface area contributed by atoms with Crippen LogP contribution in [0.15, 0.2) is 11.6 Å². The van der Waals surface area contributed by atoms with Gasteiger partial charge in [-0.2, -0.15) is 10.5 Å². The van der Waals surface area contributed by atoms with Crippen molar-refractivity contribution in [2.24, 2.45) is 17.8 Å². The number of amides is 2. The van der Waals surface area contributed by atoms with Gasteiger partial charge in [0, 0.05) is 36.2 Å². The summed E-state index contributed by atoms with van der Waals surface area (Å²) in [7, 11) is 0. The summed E-state index contributed by atoms with van der Waals surface area (Å²) < 4.78 is 0. The lowest BCUT2D eigenvalue weighted by atomic mass is 9.81. The molecule has 0 bridgehead atoms. The predicted molar refractivity (Wildman–Crippen MR) is 102 cm³/mol. The van der Waals surface area contributed by atoms with Crippen molar-refractivity contribution in [1.82, 2.24) is 21.3 Å². The van der Waals surface area contributed by atoms with Crippen molar-refractivity contribution in [2.45, 2.75) is 57.3 Å². The van der Waals surface area contributed by atoms with Crippen LogP contribution in [0.4, 0.5) is 0 Å². The molecule has 0 saturated carbocycles. The zero-order valence-corrected chi connectivity index (χ0v) is 16.4. The lowest BCUT2D eigenvalue weighted by molar-refractivity contribution is -0.124. The number of hydrogen-bond acceptors (Lipinski definition) is 6. The van der Waals surface area contributed by atoms with Crippen LogP contribution in [0, 0.1) is 40.4 Å². The molecule has 7 atom stereocenters. The van der Waals surface area contributed by atoms with Crippen LogP contribution in [-0.2, 0) is 9.59 Å². The first-order valence-electron chi connectivity index (χ1n) is 9.99. The number of fused-ring (bicyclic) bond motifs is 1. The first kappa shape index (κ1) is 20.3. The van der Waals surface area contributed by atoms with Crippen molar-refractivity contribution < 1.29 is 9.59 Å². The van der Waals surface area contributed by atoms with E-state index in [0.29, 0.717) is 18.7 Å². The summed E-state index contributed by atoms with van der Waals surface area (Å²) in [5, 5.41) is 30.9. The van der Waals surface area contributed by atoms with Gasteiger partial charge in [0.2, 0.25) is 11.8 Å². The molecule has 0 radical (unpaired) electrons. The number of hydrogen-bond donors (Lipinski definition) is 4. The van der Waals surface area contributed by atoms with E-state index in [-0.39, 0.29) is 60.2 Å². The van der Waals surface area contributed by atoms with E-state index in [0.717, 1.165) is 12.8 Å². The maximum atomic E-state index is 12.6. The normalized spacial score (nSPS) is 36.0. The van der Waals surface area contributed by atoms with E-state index in [1.54, 1.807) is 6.08 Å². The van der Waals surface area contributed by atoms with Gasteiger partial charge in [-0.25, -0.2) is 0 Å². The standard InChI is InChI=1S/C20H28N6O2/c1-11-5-13(8-21)10-24-19(11)12(2)25-18(27)7-14-6-15-16(26-20(14)28)3-4-23-17(15)9-22/h6,11-13,15-17,19,23-24H,3-5,7,10H2,1-2H3,(H,25,27)(H,26,28)/t11?,12-,13?,15?,16?,17?,19?/m1/s1. The van der Waals surface area contributed by atoms with Gasteiger partial charge >= 0.3 is 0 Å². The number of piperidine rings is 2. The van der Waals surface area contributed by atoms with Crippen LogP contribution in [0.1, 0.15) is 33.1 Å². The summed E-state index contributed by atoms with van der Waals surface area (Å²) >= 11 is 0. The van der Waals surface area contributed by atoms with Crippen molar-refractivity contribution in [1.29, 1.82) is 10.5 Å². The third-order valence-corrected chi connectivity index (χ3v) is 6.14. The Morgan fingerprint density at radius 2 is 2.14 bits per heavy atom. The number of nitriles is 2. The monoisotopic (exact) mass is 384 g/mol. The van der Waals surface area contributed by atoms with Crippen LogP contribution in [0.25, 0.3) is 0 Å². The van der Waals surface area contributed by atoms with E-state index in [4.69, 9.17) is 5.26 Å². The quantitative estimate of drug-likeness (QED) is 0.537. The van der Waals surface area contributed by atoms with Gasteiger partial charge in [-0.05, 0) is 32.2 Å². The minimum atomic E-state index is -0.350. The Morgan fingerprint density at radius 3 is 2.82 bits per heavy atom. The summed E-state index contributed by atoms with van der Waals surface area (Å²) in [6.07, 6.45) is 3.39. The van der Waals surface area contributed by atoms with Gasteiger partial charge in [-0.1, -0.05) is 13.0 Å². The van der Waals surface area contributed by atoms with Crippen molar-refractivity contribution in [2.75, 3.05) is 13.1 Å². The molecule has 0 aromatic rings. The molecule has 0 aromatic carbocycles. The maximum absolute atomic E-state index is 12.6. The molecule has 2 amide bonds. The van der Waals surface area contributed by atoms with E-state index < -0.39 is 0 Å². The van der Waals surface area contributed by atoms with Crippen molar-refractivity contribution in [3.63, 3.8) is 0 Å². The van der Waals surface area contributed by atoms with Crippen LogP contribution < -0.4 is 21.3 Å². The molecule has 6 unspecified atom stereocenters. The third-order valence-electron chi connectivity index (χ3n) is 6.14. The third kappa shape index (κ3) is 4.35. The zero-order valence-electron chi connectivity index (χ0n) is 16.4. The topological polar surface area (TPSA) is 130 Å². The van der Waals surface area contributed by atoms with Crippen molar-refractivity contribution >= 4 is 11.8 Å². The molecule has 3 rings (SSSR count). The van der Waals surface area contributed by atoms with Crippen molar-refractivity contribution in [3.8, 4) is 12.1 Å². The molecule has 0 aromatic heterocycles. The molecular formula is C20H28N6O2. The second kappa shape index (κ2) is 8.72. The second-order valence-electron chi connectivity index (χ2n) is 8.20. The summed E-state index contributed by atoms with van der Waals surface area (Å²) in [6, 6.07) is 4.12. The predicted octanol–water partition coefficient (Wildman–Crippen LogP) is -0.0545. The first-order valence-corrected chi connectivity index (χ1v) is 9.99. The molecule has 150 valence electrons. The largest absolute Gasteiger partial charge is 0.352 e. The fraction of sp³-hybridized carbons (Fsp3) is 0.700. The first-order chi connectivity index (χ1) is 13.4. The van der Waals surface area contributed by atoms with Gasteiger partial charge in [0.25, 0.3) is 0 Å². The zero-order chi connectivity index (χ0) is 20.3. The molecule has 28 heavy (non-hydrogen) atoms. The number of carbonyl (C=O) groups is 2. The molecule has 2 saturated heterocycles. The lowest BCUT2D eigenvalue weighted by Crippen LogP contribution is -2.57. The minimum absolute atomic E-state index is 0.000532. The summed E-state index contributed by atoms with van der Waals surface area (Å²) in [6.45, 7) is 5.35. The highest BCUT2D eigenvalue weighted by atomic mass is 16.2. The summed E-state index contributed by atoms with van der Waals surface area (Å²) in [4.78, 5) is 24.9. The SMILES string of the molecule is CC1CC(C#N)CNC1[C@@H](C)NC(=O)CC1=CC2C(C#N)NCCC2NC1=O. The van der Waals surface area contributed by atoms with E-state index in [1.807, 2.05) is 6.92 Å². The summed E-state index contributed by atoms with van der Waals surface area (Å²) in [5.41, 5.74) is 0.420. The van der Waals surface area contributed by atoms with E-state index >= 15 is 0 Å². The Kier molecular flexibility index (Phi) is 6.33. The number of nitrogens with one attached hydrogen (secondary N) is 4. The van der Waals surface area contributed by atoms with E-state index in [1.165, 1.54) is 0 Å². The fourth-order valence-electron chi connectivity index (χ4n) is 4.67.